The van der Waals surface area contributed by atoms with Crippen LogP contribution in [-0.2, 0) is 6.42 Å². The van der Waals surface area contributed by atoms with Crippen molar-refractivity contribution in [2.24, 2.45) is 0 Å². The van der Waals surface area contributed by atoms with Gasteiger partial charge < -0.3 is 4.74 Å². The second kappa shape index (κ2) is 10.4. The zero-order chi connectivity index (χ0) is 15.7. The molecule has 0 aromatic heterocycles. The zero-order valence-corrected chi connectivity index (χ0v) is 15.8. The van der Waals surface area contributed by atoms with Crippen LogP contribution in [0, 0.1) is 13.8 Å². The molecule has 0 aliphatic rings. The van der Waals surface area contributed by atoms with Gasteiger partial charge in [0.25, 0.3) is 0 Å². The Morgan fingerprint density at radius 2 is 1.71 bits per heavy atom. The van der Waals surface area contributed by atoms with E-state index in [9.17, 15) is 0 Å². The summed E-state index contributed by atoms with van der Waals surface area (Å²) in [5.41, 5.74) is 4.05. The van der Waals surface area contributed by atoms with E-state index >= 15 is 0 Å². The number of aryl methyl sites for hydroxylation is 2. The first-order chi connectivity index (χ1) is 10.1. The molecule has 0 amide bonds. The van der Waals surface area contributed by atoms with E-state index in [2.05, 4.69) is 63.4 Å². The SMILES string of the molecule is CCSC(CCCCc1c(C)cc(C)cc1OC)SCC. The van der Waals surface area contributed by atoms with Crippen LogP contribution in [0.25, 0.3) is 0 Å². The van der Waals surface area contributed by atoms with Gasteiger partial charge in [0, 0.05) is 0 Å². The molecule has 1 nitrogen and oxygen atoms in total. The van der Waals surface area contributed by atoms with E-state index < -0.39 is 0 Å². The Labute approximate surface area is 139 Å². The van der Waals surface area contributed by atoms with Gasteiger partial charge in [0.2, 0.25) is 0 Å². The van der Waals surface area contributed by atoms with Crippen LogP contribution < -0.4 is 4.74 Å². The normalized spacial score (nSPS) is 11.1. The van der Waals surface area contributed by atoms with Crippen molar-refractivity contribution in [2.45, 2.75) is 58.0 Å². The van der Waals surface area contributed by atoms with Gasteiger partial charge in [-0.25, -0.2) is 0 Å². The molecule has 0 N–H and O–H groups in total. The van der Waals surface area contributed by atoms with Crippen LogP contribution in [-0.4, -0.2) is 23.2 Å². The maximum atomic E-state index is 5.55. The summed E-state index contributed by atoms with van der Waals surface area (Å²) in [6.07, 6.45) is 5.02. The van der Waals surface area contributed by atoms with Crippen LogP contribution in [0.5, 0.6) is 5.75 Å². The van der Waals surface area contributed by atoms with Crippen LogP contribution in [0.15, 0.2) is 12.1 Å². The van der Waals surface area contributed by atoms with Crippen molar-refractivity contribution in [1.82, 2.24) is 0 Å². The molecule has 0 fully saturated rings. The van der Waals surface area contributed by atoms with Gasteiger partial charge in [0.1, 0.15) is 5.75 Å². The molecule has 0 aliphatic heterocycles. The molecule has 1 rings (SSSR count). The minimum Gasteiger partial charge on any atom is -0.496 e. The van der Waals surface area contributed by atoms with Crippen LogP contribution in [0.1, 0.15) is 49.8 Å². The van der Waals surface area contributed by atoms with Gasteiger partial charge in [-0.05, 0) is 67.4 Å². The number of benzene rings is 1. The number of unbranched alkanes of at least 4 members (excludes halogenated alkanes) is 1. The Kier molecular flexibility index (Phi) is 9.34. The van der Waals surface area contributed by atoms with Crippen molar-refractivity contribution < 1.29 is 4.74 Å². The summed E-state index contributed by atoms with van der Waals surface area (Å²) in [6, 6.07) is 4.42. The zero-order valence-electron chi connectivity index (χ0n) is 14.2. The molecular weight excluding hydrogens is 296 g/mol. The highest BCUT2D eigenvalue weighted by molar-refractivity contribution is 8.16. The fourth-order valence-electron chi connectivity index (χ4n) is 2.66. The molecule has 0 unspecified atom stereocenters. The molecule has 0 spiro atoms. The molecule has 0 saturated carbocycles. The number of rotatable bonds is 10. The second-order valence-electron chi connectivity index (χ2n) is 5.35. The third-order valence-electron chi connectivity index (χ3n) is 3.62. The van der Waals surface area contributed by atoms with E-state index in [4.69, 9.17) is 4.74 Å². The fraction of sp³-hybridized carbons (Fsp3) is 0.667. The third kappa shape index (κ3) is 6.56. The largest absolute Gasteiger partial charge is 0.496 e. The van der Waals surface area contributed by atoms with E-state index in [-0.39, 0.29) is 0 Å². The Balaban J connectivity index is 2.48. The summed E-state index contributed by atoms with van der Waals surface area (Å²) in [5, 5.41) is 0. The predicted octanol–water partition coefficient (Wildman–Crippen LogP) is 5.86. The van der Waals surface area contributed by atoms with Crippen molar-refractivity contribution in [3.05, 3.63) is 28.8 Å². The highest BCUT2D eigenvalue weighted by Gasteiger charge is 2.10. The highest BCUT2D eigenvalue weighted by atomic mass is 32.2. The van der Waals surface area contributed by atoms with Crippen LogP contribution in [0.4, 0.5) is 0 Å². The van der Waals surface area contributed by atoms with E-state index in [1.54, 1.807) is 7.11 Å². The van der Waals surface area contributed by atoms with Gasteiger partial charge in [0.15, 0.2) is 0 Å². The summed E-state index contributed by atoms with van der Waals surface area (Å²) in [4.78, 5) is 0. The predicted molar refractivity (Wildman–Crippen MR) is 100 cm³/mol. The second-order valence-corrected chi connectivity index (χ2v) is 8.61. The number of ether oxygens (including phenoxy) is 1. The standard InChI is InChI=1S/C18H30OS2/c1-6-20-18(21-7-2)11-9-8-10-16-15(4)12-14(3)13-17(16)19-5/h12-13,18H,6-11H2,1-5H3. The first-order valence-corrected chi connectivity index (χ1v) is 10.1. The van der Waals surface area contributed by atoms with Gasteiger partial charge in [-0.3, -0.25) is 0 Å². The number of methoxy groups -OCH3 is 1. The van der Waals surface area contributed by atoms with Crippen LogP contribution in [0.2, 0.25) is 0 Å². The van der Waals surface area contributed by atoms with E-state index in [0.29, 0.717) is 0 Å². The average Bonchev–Trinajstić information content (AvgIpc) is 2.45. The summed E-state index contributed by atoms with van der Waals surface area (Å²) in [5.74, 6) is 3.51. The number of hydrogen-bond donors (Lipinski definition) is 0. The highest BCUT2D eigenvalue weighted by Crippen LogP contribution is 2.30. The molecule has 21 heavy (non-hydrogen) atoms. The minimum absolute atomic E-state index is 0.779. The lowest BCUT2D eigenvalue weighted by Gasteiger charge is -2.15. The monoisotopic (exact) mass is 326 g/mol. The maximum absolute atomic E-state index is 5.55. The minimum atomic E-state index is 0.779. The number of hydrogen-bond acceptors (Lipinski definition) is 3. The van der Waals surface area contributed by atoms with E-state index in [1.807, 2.05) is 0 Å². The van der Waals surface area contributed by atoms with Gasteiger partial charge in [-0.2, -0.15) is 0 Å². The molecule has 0 aliphatic carbocycles. The lowest BCUT2D eigenvalue weighted by Crippen LogP contribution is -2.01. The van der Waals surface area contributed by atoms with Crippen LogP contribution in [0.3, 0.4) is 0 Å². The van der Waals surface area contributed by atoms with Gasteiger partial charge in [-0.1, -0.05) is 26.3 Å². The topological polar surface area (TPSA) is 9.23 Å². The molecule has 1 aromatic carbocycles. The molecule has 0 atom stereocenters. The summed E-state index contributed by atoms with van der Waals surface area (Å²) in [7, 11) is 1.78. The summed E-state index contributed by atoms with van der Waals surface area (Å²) in [6.45, 7) is 8.85. The summed E-state index contributed by atoms with van der Waals surface area (Å²) >= 11 is 4.20. The van der Waals surface area contributed by atoms with Crippen molar-refractivity contribution in [1.29, 1.82) is 0 Å². The van der Waals surface area contributed by atoms with Crippen LogP contribution >= 0.6 is 23.5 Å². The Bertz CT molecular complexity index is 412. The molecule has 0 heterocycles. The van der Waals surface area contributed by atoms with Crippen molar-refractivity contribution in [2.75, 3.05) is 18.6 Å². The molecular formula is C18H30OS2. The fourth-order valence-corrected chi connectivity index (χ4v) is 5.27. The lowest BCUT2D eigenvalue weighted by molar-refractivity contribution is 0.408. The number of thioether (sulfide) groups is 2. The quantitative estimate of drug-likeness (QED) is 0.394. The van der Waals surface area contributed by atoms with Crippen molar-refractivity contribution in [3.8, 4) is 5.75 Å². The first-order valence-electron chi connectivity index (χ1n) is 7.99. The Morgan fingerprint density at radius 1 is 1.05 bits per heavy atom. The molecule has 0 saturated heterocycles. The third-order valence-corrected chi connectivity index (χ3v) is 6.32. The molecule has 3 heteroatoms. The van der Waals surface area contributed by atoms with Crippen molar-refractivity contribution >= 4 is 23.5 Å². The molecule has 120 valence electrons. The summed E-state index contributed by atoms with van der Waals surface area (Å²) < 4.78 is 6.33. The van der Waals surface area contributed by atoms with Gasteiger partial charge in [-0.15, -0.1) is 23.5 Å². The molecule has 0 radical (unpaired) electrons. The van der Waals surface area contributed by atoms with E-state index in [0.717, 1.165) is 16.8 Å². The average molecular weight is 327 g/mol. The first kappa shape index (κ1) is 18.8. The smallest absolute Gasteiger partial charge is 0.122 e. The van der Waals surface area contributed by atoms with E-state index in [1.165, 1.54) is 47.5 Å². The molecule has 1 aromatic rings. The van der Waals surface area contributed by atoms with Crippen molar-refractivity contribution in [3.63, 3.8) is 0 Å². The maximum Gasteiger partial charge on any atom is 0.122 e. The lowest BCUT2D eigenvalue weighted by atomic mass is 9.99. The van der Waals surface area contributed by atoms with Gasteiger partial charge >= 0.3 is 0 Å². The Hall–Kier alpha value is -0.280. The molecule has 0 bridgehead atoms. The van der Waals surface area contributed by atoms with Gasteiger partial charge in [0.05, 0.1) is 11.7 Å². The Morgan fingerprint density at radius 3 is 2.29 bits per heavy atom.